The second-order valence-electron chi connectivity index (χ2n) is 5.01. The SMILES string of the molecule is Cc1cc(C)n(CCC(=O)N2CCC(O)CC2)n1. The van der Waals surface area contributed by atoms with E-state index < -0.39 is 0 Å². The standard InChI is InChI=1S/C13H21N3O2/c1-10-9-11(2)16(14-10)8-5-13(18)15-6-3-12(17)4-7-15/h9,12,17H,3-8H2,1-2H3. The molecule has 18 heavy (non-hydrogen) atoms. The van der Waals surface area contributed by atoms with Gasteiger partial charge in [-0.1, -0.05) is 0 Å². The quantitative estimate of drug-likeness (QED) is 0.867. The summed E-state index contributed by atoms with van der Waals surface area (Å²) in [6.45, 7) is 5.95. The van der Waals surface area contributed by atoms with Crippen LogP contribution in [0, 0.1) is 13.8 Å². The molecule has 1 amide bonds. The van der Waals surface area contributed by atoms with Crippen molar-refractivity contribution in [1.29, 1.82) is 0 Å². The van der Waals surface area contributed by atoms with Crippen molar-refractivity contribution in [2.75, 3.05) is 13.1 Å². The fourth-order valence-electron chi connectivity index (χ4n) is 2.38. The number of aryl methyl sites for hydroxylation is 3. The number of hydrogen-bond donors (Lipinski definition) is 1. The van der Waals surface area contributed by atoms with Gasteiger partial charge in [-0.25, -0.2) is 0 Å². The molecule has 1 fully saturated rings. The number of piperidine rings is 1. The molecule has 0 aliphatic carbocycles. The van der Waals surface area contributed by atoms with Gasteiger partial charge in [0.2, 0.25) is 5.91 Å². The minimum Gasteiger partial charge on any atom is -0.393 e. The number of amides is 1. The first-order chi connectivity index (χ1) is 8.56. The Labute approximate surface area is 107 Å². The first-order valence-electron chi connectivity index (χ1n) is 6.53. The first kappa shape index (κ1) is 13.1. The topological polar surface area (TPSA) is 58.4 Å². The van der Waals surface area contributed by atoms with Crippen LogP contribution in [0.5, 0.6) is 0 Å². The number of aliphatic hydroxyl groups is 1. The predicted octanol–water partition coefficient (Wildman–Crippen LogP) is 0.873. The van der Waals surface area contributed by atoms with E-state index in [1.54, 1.807) is 0 Å². The molecule has 2 heterocycles. The highest BCUT2D eigenvalue weighted by molar-refractivity contribution is 5.76. The van der Waals surface area contributed by atoms with Crippen LogP contribution in [-0.4, -0.2) is 44.9 Å². The van der Waals surface area contributed by atoms with Gasteiger partial charge in [-0.3, -0.25) is 9.48 Å². The van der Waals surface area contributed by atoms with Gasteiger partial charge in [0.05, 0.1) is 11.8 Å². The molecule has 0 bridgehead atoms. The van der Waals surface area contributed by atoms with Crippen molar-refractivity contribution in [1.82, 2.24) is 14.7 Å². The number of nitrogens with zero attached hydrogens (tertiary/aromatic N) is 3. The molecule has 1 N–H and O–H groups in total. The molecular formula is C13H21N3O2. The van der Waals surface area contributed by atoms with E-state index in [0.717, 1.165) is 11.4 Å². The number of rotatable bonds is 3. The maximum atomic E-state index is 12.0. The van der Waals surface area contributed by atoms with Crippen LogP contribution in [0.25, 0.3) is 0 Å². The van der Waals surface area contributed by atoms with E-state index in [9.17, 15) is 9.90 Å². The number of carbonyl (C=O) groups is 1. The summed E-state index contributed by atoms with van der Waals surface area (Å²) in [5.74, 6) is 0.162. The Morgan fingerprint density at radius 3 is 2.67 bits per heavy atom. The van der Waals surface area contributed by atoms with Gasteiger partial charge in [0.1, 0.15) is 0 Å². The van der Waals surface area contributed by atoms with Crippen LogP contribution >= 0.6 is 0 Å². The molecule has 1 aromatic heterocycles. The van der Waals surface area contributed by atoms with Gasteiger partial charge in [-0.05, 0) is 32.8 Å². The molecule has 0 aromatic carbocycles. The lowest BCUT2D eigenvalue weighted by Gasteiger charge is -2.29. The third-order valence-corrected chi connectivity index (χ3v) is 3.46. The molecule has 2 rings (SSSR count). The highest BCUT2D eigenvalue weighted by Gasteiger charge is 2.21. The highest BCUT2D eigenvalue weighted by atomic mass is 16.3. The van der Waals surface area contributed by atoms with Gasteiger partial charge in [0.25, 0.3) is 0 Å². The third kappa shape index (κ3) is 3.10. The van der Waals surface area contributed by atoms with Crippen LogP contribution in [0.4, 0.5) is 0 Å². The summed E-state index contributed by atoms with van der Waals surface area (Å²) in [7, 11) is 0. The van der Waals surface area contributed by atoms with E-state index >= 15 is 0 Å². The van der Waals surface area contributed by atoms with Crippen molar-refractivity contribution in [2.24, 2.45) is 0 Å². The van der Waals surface area contributed by atoms with Crippen molar-refractivity contribution in [2.45, 2.75) is 45.8 Å². The zero-order valence-electron chi connectivity index (χ0n) is 11.1. The number of likely N-dealkylation sites (tertiary alicyclic amines) is 1. The molecule has 1 aromatic rings. The predicted molar refractivity (Wildman–Crippen MR) is 68.1 cm³/mol. The van der Waals surface area contributed by atoms with Crippen molar-refractivity contribution in [3.05, 3.63) is 17.5 Å². The Hall–Kier alpha value is -1.36. The van der Waals surface area contributed by atoms with E-state index in [1.165, 1.54) is 0 Å². The van der Waals surface area contributed by atoms with Gasteiger partial charge in [-0.15, -0.1) is 0 Å². The van der Waals surface area contributed by atoms with E-state index in [4.69, 9.17) is 0 Å². The lowest BCUT2D eigenvalue weighted by Crippen LogP contribution is -2.40. The summed E-state index contributed by atoms with van der Waals surface area (Å²) in [6, 6.07) is 2.02. The summed E-state index contributed by atoms with van der Waals surface area (Å²) < 4.78 is 1.88. The zero-order valence-corrected chi connectivity index (χ0v) is 11.1. The van der Waals surface area contributed by atoms with Gasteiger partial charge in [0.15, 0.2) is 0 Å². The minimum atomic E-state index is -0.231. The Balaban J connectivity index is 1.83. The first-order valence-corrected chi connectivity index (χ1v) is 6.53. The Morgan fingerprint density at radius 2 is 2.11 bits per heavy atom. The van der Waals surface area contributed by atoms with Crippen LogP contribution in [-0.2, 0) is 11.3 Å². The molecule has 5 nitrogen and oxygen atoms in total. The second-order valence-corrected chi connectivity index (χ2v) is 5.01. The third-order valence-electron chi connectivity index (χ3n) is 3.46. The molecular weight excluding hydrogens is 230 g/mol. The Morgan fingerprint density at radius 1 is 1.44 bits per heavy atom. The maximum absolute atomic E-state index is 12.0. The van der Waals surface area contributed by atoms with Crippen molar-refractivity contribution >= 4 is 5.91 Å². The normalized spacial score (nSPS) is 17.2. The van der Waals surface area contributed by atoms with E-state index in [0.29, 0.717) is 38.9 Å². The second kappa shape index (κ2) is 5.52. The van der Waals surface area contributed by atoms with Crippen LogP contribution in [0.15, 0.2) is 6.07 Å². The zero-order chi connectivity index (χ0) is 13.1. The minimum absolute atomic E-state index is 0.162. The fourth-order valence-corrected chi connectivity index (χ4v) is 2.38. The van der Waals surface area contributed by atoms with Crippen molar-refractivity contribution in [3.8, 4) is 0 Å². The summed E-state index contributed by atoms with van der Waals surface area (Å²) in [5, 5.41) is 13.7. The molecule has 0 atom stereocenters. The molecule has 1 aliphatic heterocycles. The summed E-state index contributed by atoms with van der Waals surface area (Å²) >= 11 is 0. The Bertz CT molecular complexity index is 420. The molecule has 0 saturated carbocycles. The fraction of sp³-hybridized carbons (Fsp3) is 0.692. The molecule has 0 spiro atoms. The van der Waals surface area contributed by atoms with Crippen LogP contribution in [0.3, 0.4) is 0 Å². The Kier molecular flexibility index (Phi) is 4.01. The number of aliphatic hydroxyl groups excluding tert-OH is 1. The van der Waals surface area contributed by atoms with E-state index in [2.05, 4.69) is 5.10 Å². The van der Waals surface area contributed by atoms with Crippen molar-refractivity contribution in [3.63, 3.8) is 0 Å². The van der Waals surface area contributed by atoms with Gasteiger partial charge >= 0.3 is 0 Å². The molecule has 100 valence electrons. The van der Waals surface area contributed by atoms with Crippen LogP contribution < -0.4 is 0 Å². The van der Waals surface area contributed by atoms with Gasteiger partial charge < -0.3 is 10.0 Å². The highest BCUT2D eigenvalue weighted by Crippen LogP contribution is 2.11. The number of hydrogen-bond acceptors (Lipinski definition) is 3. The molecule has 5 heteroatoms. The average Bonchev–Trinajstić information content (AvgIpc) is 2.66. The van der Waals surface area contributed by atoms with E-state index in [1.807, 2.05) is 29.5 Å². The largest absolute Gasteiger partial charge is 0.393 e. The molecule has 1 aliphatic rings. The summed E-state index contributed by atoms with van der Waals surface area (Å²) in [4.78, 5) is 13.8. The monoisotopic (exact) mass is 251 g/mol. The van der Waals surface area contributed by atoms with E-state index in [-0.39, 0.29) is 12.0 Å². The average molecular weight is 251 g/mol. The maximum Gasteiger partial charge on any atom is 0.224 e. The van der Waals surface area contributed by atoms with Crippen LogP contribution in [0.2, 0.25) is 0 Å². The number of carbonyl (C=O) groups excluding carboxylic acids is 1. The van der Waals surface area contributed by atoms with Crippen molar-refractivity contribution < 1.29 is 9.90 Å². The van der Waals surface area contributed by atoms with Gasteiger partial charge in [0, 0.05) is 31.7 Å². The summed E-state index contributed by atoms with van der Waals surface area (Å²) in [6.07, 6.45) is 1.65. The molecule has 0 unspecified atom stereocenters. The summed E-state index contributed by atoms with van der Waals surface area (Å²) in [5.41, 5.74) is 2.08. The molecule has 0 radical (unpaired) electrons. The molecule has 1 saturated heterocycles. The van der Waals surface area contributed by atoms with Gasteiger partial charge in [-0.2, -0.15) is 5.10 Å². The van der Waals surface area contributed by atoms with Crippen LogP contribution in [0.1, 0.15) is 30.7 Å². The lowest BCUT2D eigenvalue weighted by molar-refractivity contribution is -0.133. The number of aromatic nitrogens is 2. The smallest absolute Gasteiger partial charge is 0.224 e. The lowest BCUT2D eigenvalue weighted by atomic mass is 10.1.